The van der Waals surface area contributed by atoms with Gasteiger partial charge in [0.25, 0.3) is 0 Å². The van der Waals surface area contributed by atoms with Gasteiger partial charge in [0.2, 0.25) is 0 Å². The monoisotopic (exact) mass is 314 g/mol. The largest absolute Gasteiger partial charge is 0.477 e. The third-order valence-corrected chi connectivity index (χ3v) is 4.38. The van der Waals surface area contributed by atoms with Gasteiger partial charge in [-0.25, -0.2) is 9.78 Å². The molecule has 0 atom stereocenters. The molecule has 19 heavy (non-hydrogen) atoms. The number of halogens is 2. The highest BCUT2D eigenvalue weighted by Gasteiger charge is 2.32. The van der Waals surface area contributed by atoms with E-state index in [2.05, 4.69) is 9.97 Å². The van der Waals surface area contributed by atoms with Crippen LogP contribution >= 0.6 is 34.5 Å². The average Bonchev–Trinajstić information content (AvgIpc) is 3.09. The summed E-state index contributed by atoms with van der Waals surface area (Å²) in [4.78, 5) is 20.1. The summed E-state index contributed by atoms with van der Waals surface area (Å²) in [6.07, 6.45) is 3.46. The number of carboxylic acids is 1. The topological polar surface area (TPSA) is 63.1 Å². The molecule has 0 aliphatic heterocycles. The number of carboxylic acid groups (broad SMARTS) is 1. The lowest BCUT2D eigenvalue weighted by Crippen LogP contribution is -1.97. The molecular formula is C12H8Cl2N2O2S. The van der Waals surface area contributed by atoms with Gasteiger partial charge in [-0.1, -0.05) is 23.2 Å². The first-order valence-electron chi connectivity index (χ1n) is 5.61. The summed E-state index contributed by atoms with van der Waals surface area (Å²) in [6, 6.07) is 1.57. The summed E-state index contributed by atoms with van der Waals surface area (Å²) >= 11 is 13.0. The van der Waals surface area contributed by atoms with Crippen molar-refractivity contribution in [2.24, 2.45) is 0 Å². The molecule has 2 aromatic heterocycles. The van der Waals surface area contributed by atoms with E-state index in [-0.39, 0.29) is 10.8 Å². The Balaban J connectivity index is 2.10. The first-order chi connectivity index (χ1) is 9.06. The summed E-state index contributed by atoms with van der Waals surface area (Å²) in [5, 5.41) is 10.6. The summed E-state index contributed by atoms with van der Waals surface area (Å²) < 4.78 is 0. The van der Waals surface area contributed by atoms with Crippen LogP contribution in [0.4, 0.5) is 0 Å². The molecule has 1 saturated carbocycles. The van der Waals surface area contributed by atoms with Crippen LogP contribution in [0, 0.1) is 0 Å². The molecule has 4 nitrogen and oxygen atoms in total. The lowest BCUT2D eigenvalue weighted by atomic mass is 10.2. The van der Waals surface area contributed by atoms with E-state index in [0.29, 0.717) is 26.4 Å². The van der Waals surface area contributed by atoms with Gasteiger partial charge in [-0.05, 0) is 18.9 Å². The van der Waals surface area contributed by atoms with Gasteiger partial charge in [0.05, 0.1) is 15.7 Å². The standard InChI is InChI=1S/C12H8Cl2N2O2S/c13-6-3-7(14)9(15-4-6)11-16-8(5-1-2-5)10(19-11)12(17)18/h3-5H,1-2H2,(H,17,18). The lowest BCUT2D eigenvalue weighted by Gasteiger charge is -1.99. The van der Waals surface area contributed by atoms with Crippen molar-refractivity contribution in [3.8, 4) is 10.7 Å². The number of rotatable bonds is 3. The minimum atomic E-state index is -0.948. The minimum Gasteiger partial charge on any atom is -0.477 e. The van der Waals surface area contributed by atoms with Crippen molar-refractivity contribution in [3.63, 3.8) is 0 Å². The number of hydrogen-bond donors (Lipinski definition) is 1. The van der Waals surface area contributed by atoms with Crippen molar-refractivity contribution in [3.05, 3.63) is 32.9 Å². The maximum Gasteiger partial charge on any atom is 0.347 e. The third kappa shape index (κ3) is 2.45. The summed E-state index contributed by atoms with van der Waals surface area (Å²) in [5.41, 5.74) is 1.13. The number of aromatic nitrogens is 2. The maximum absolute atomic E-state index is 11.2. The lowest BCUT2D eigenvalue weighted by molar-refractivity contribution is 0.0700. The number of thiazole rings is 1. The number of carbonyl (C=O) groups is 1. The fraction of sp³-hybridized carbons (Fsp3) is 0.250. The van der Waals surface area contributed by atoms with E-state index in [0.717, 1.165) is 24.2 Å². The average molecular weight is 315 g/mol. The van der Waals surface area contributed by atoms with Gasteiger partial charge in [-0.15, -0.1) is 11.3 Å². The molecule has 1 fully saturated rings. The van der Waals surface area contributed by atoms with Gasteiger partial charge >= 0.3 is 5.97 Å². The number of aromatic carboxylic acids is 1. The Bertz CT molecular complexity index is 668. The fourth-order valence-corrected chi connectivity index (χ4v) is 3.32. The van der Waals surface area contributed by atoms with E-state index >= 15 is 0 Å². The fourth-order valence-electron chi connectivity index (χ4n) is 1.79. The quantitative estimate of drug-likeness (QED) is 0.926. The van der Waals surface area contributed by atoms with Crippen molar-refractivity contribution >= 4 is 40.5 Å². The van der Waals surface area contributed by atoms with Crippen molar-refractivity contribution in [2.75, 3.05) is 0 Å². The molecule has 3 rings (SSSR count). The highest BCUT2D eigenvalue weighted by Crippen LogP contribution is 2.44. The van der Waals surface area contributed by atoms with Crippen molar-refractivity contribution in [2.45, 2.75) is 18.8 Å². The number of pyridine rings is 1. The van der Waals surface area contributed by atoms with Crippen LogP contribution in [-0.2, 0) is 0 Å². The molecule has 7 heteroatoms. The van der Waals surface area contributed by atoms with Crippen molar-refractivity contribution < 1.29 is 9.90 Å². The van der Waals surface area contributed by atoms with E-state index in [1.54, 1.807) is 6.07 Å². The molecule has 0 saturated heterocycles. The van der Waals surface area contributed by atoms with E-state index < -0.39 is 5.97 Å². The third-order valence-electron chi connectivity index (χ3n) is 2.82. The Labute approximate surface area is 123 Å². The van der Waals surface area contributed by atoms with Crippen LogP contribution in [0.3, 0.4) is 0 Å². The van der Waals surface area contributed by atoms with Crippen LogP contribution in [0.15, 0.2) is 12.3 Å². The van der Waals surface area contributed by atoms with Crippen LogP contribution in [0.25, 0.3) is 10.7 Å². The van der Waals surface area contributed by atoms with Gasteiger partial charge in [0.15, 0.2) is 0 Å². The Morgan fingerprint density at radius 2 is 2.16 bits per heavy atom. The first kappa shape index (κ1) is 12.8. The van der Waals surface area contributed by atoms with E-state index in [1.165, 1.54) is 6.20 Å². The first-order valence-corrected chi connectivity index (χ1v) is 7.19. The molecular weight excluding hydrogens is 307 g/mol. The van der Waals surface area contributed by atoms with Crippen LogP contribution in [0.1, 0.15) is 34.1 Å². The second kappa shape index (κ2) is 4.74. The zero-order valence-corrected chi connectivity index (χ0v) is 11.9. The molecule has 0 bridgehead atoms. The molecule has 98 valence electrons. The predicted octanol–water partition coefficient (Wildman–Crippen LogP) is 4.09. The smallest absolute Gasteiger partial charge is 0.347 e. The van der Waals surface area contributed by atoms with E-state index in [1.807, 2.05) is 0 Å². The maximum atomic E-state index is 11.2. The van der Waals surface area contributed by atoms with Crippen LogP contribution < -0.4 is 0 Å². The zero-order chi connectivity index (χ0) is 13.6. The summed E-state index contributed by atoms with van der Waals surface area (Å²) in [7, 11) is 0. The highest BCUT2D eigenvalue weighted by atomic mass is 35.5. The molecule has 0 aromatic carbocycles. The molecule has 1 N–H and O–H groups in total. The molecule has 2 heterocycles. The molecule has 2 aromatic rings. The Kier molecular flexibility index (Phi) is 3.20. The molecule has 0 amide bonds. The van der Waals surface area contributed by atoms with E-state index in [4.69, 9.17) is 23.2 Å². The SMILES string of the molecule is O=C(O)c1sc(-c2ncc(Cl)cc2Cl)nc1C1CC1. The highest BCUT2D eigenvalue weighted by molar-refractivity contribution is 7.17. The number of hydrogen-bond acceptors (Lipinski definition) is 4. The van der Waals surface area contributed by atoms with Gasteiger partial charge in [-0.3, -0.25) is 4.98 Å². The second-order valence-electron chi connectivity index (χ2n) is 4.30. The Morgan fingerprint density at radius 3 is 2.74 bits per heavy atom. The molecule has 1 aliphatic rings. The molecule has 0 spiro atoms. The van der Waals surface area contributed by atoms with Gasteiger partial charge < -0.3 is 5.11 Å². The Morgan fingerprint density at radius 1 is 1.42 bits per heavy atom. The van der Waals surface area contributed by atoms with Crippen LogP contribution in [0.2, 0.25) is 10.0 Å². The minimum absolute atomic E-state index is 0.266. The number of nitrogens with zero attached hydrogens (tertiary/aromatic N) is 2. The molecule has 0 radical (unpaired) electrons. The Hall–Kier alpha value is -1.17. The van der Waals surface area contributed by atoms with Crippen molar-refractivity contribution in [1.29, 1.82) is 0 Å². The van der Waals surface area contributed by atoms with Gasteiger partial charge in [0.1, 0.15) is 15.6 Å². The molecule has 0 unspecified atom stereocenters. The second-order valence-corrected chi connectivity index (χ2v) is 6.14. The normalized spacial score (nSPS) is 14.6. The van der Waals surface area contributed by atoms with Gasteiger partial charge in [-0.2, -0.15) is 0 Å². The van der Waals surface area contributed by atoms with Gasteiger partial charge in [0, 0.05) is 12.1 Å². The molecule has 1 aliphatic carbocycles. The van der Waals surface area contributed by atoms with E-state index in [9.17, 15) is 9.90 Å². The summed E-state index contributed by atoms with van der Waals surface area (Å²) in [6.45, 7) is 0. The van der Waals surface area contributed by atoms with Crippen LogP contribution in [-0.4, -0.2) is 21.0 Å². The summed E-state index contributed by atoms with van der Waals surface area (Å²) in [5.74, 6) is -0.682. The van der Waals surface area contributed by atoms with Crippen molar-refractivity contribution in [1.82, 2.24) is 9.97 Å². The van der Waals surface area contributed by atoms with Crippen LogP contribution in [0.5, 0.6) is 0 Å². The zero-order valence-electron chi connectivity index (χ0n) is 9.56. The predicted molar refractivity (Wildman–Crippen MR) is 74.3 cm³/mol.